The minimum absolute atomic E-state index is 0.0468. The minimum Gasteiger partial charge on any atom is -0.350 e. The zero-order chi connectivity index (χ0) is 21.8. The molecule has 1 atom stereocenters. The van der Waals surface area contributed by atoms with Gasteiger partial charge in [-0.25, -0.2) is 4.98 Å². The number of nitrogens with one attached hydrogen (secondary N) is 1. The Bertz CT molecular complexity index is 979. The van der Waals surface area contributed by atoms with E-state index in [-0.39, 0.29) is 23.9 Å². The largest absolute Gasteiger partial charge is 0.350 e. The molecule has 0 spiro atoms. The summed E-state index contributed by atoms with van der Waals surface area (Å²) in [4.78, 5) is 47.7. The number of hydrogen-bond acceptors (Lipinski definition) is 6. The predicted octanol–water partition coefficient (Wildman–Crippen LogP) is 1.85. The van der Waals surface area contributed by atoms with Gasteiger partial charge in [0, 0.05) is 25.7 Å². The number of amides is 2. The molecule has 2 aromatic heterocycles. The molecule has 9 heteroatoms. The molecule has 1 saturated heterocycles. The number of likely N-dealkylation sites (tertiary alicyclic amines) is 1. The number of aryl methyl sites for hydroxylation is 1. The van der Waals surface area contributed by atoms with Crippen LogP contribution in [0.25, 0.3) is 10.2 Å². The van der Waals surface area contributed by atoms with Gasteiger partial charge in [-0.3, -0.25) is 23.9 Å². The number of likely N-dealkylation sites (N-methyl/N-ethyl adjacent to an activating group) is 2. The topological polar surface area (TPSA) is 87.5 Å². The summed E-state index contributed by atoms with van der Waals surface area (Å²) in [5.41, 5.74) is 0.356. The molecule has 164 valence electrons. The third-order valence-corrected chi connectivity index (χ3v) is 7.15. The summed E-state index contributed by atoms with van der Waals surface area (Å²) in [7, 11) is 0. The second-order valence-corrected chi connectivity index (χ2v) is 8.61. The molecule has 1 aliphatic rings. The fraction of sp³-hybridized carbons (Fsp3) is 0.619. The third-order valence-electron chi connectivity index (χ3n) is 5.95. The summed E-state index contributed by atoms with van der Waals surface area (Å²) in [5, 5.41) is 3.46. The fourth-order valence-corrected chi connectivity index (χ4v) is 5.20. The van der Waals surface area contributed by atoms with Gasteiger partial charge in [0.2, 0.25) is 5.91 Å². The highest BCUT2D eigenvalue weighted by Crippen LogP contribution is 2.27. The van der Waals surface area contributed by atoms with Crippen LogP contribution in [0, 0.1) is 6.92 Å². The van der Waals surface area contributed by atoms with Crippen molar-refractivity contribution in [1.29, 1.82) is 0 Å². The third kappa shape index (κ3) is 4.41. The van der Waals surface area contributed by atoms with E-state index in [1.54, 1.807) is 11.8 Å². The number of rotatable bonds is 8. The maximum absolute atomic E-state index is 13.0. The zero-order valence-corrected chi connectivity index (χ0v) is 19.0. The molecule has 0 radical (unpaired) electrons. The van der Waals surface area contributed by atoms with E-state index in [2.05, 4.69) is 22.1 Å². The molecule has 3 rings (SSSR count). The number of fused-ring (bicyclic) bond motifs is 1. The predicted molar refractivity (Wildman–Crippen MR) is 119 cm³/mol. The standard InChI is InChI=1S/C21H31N5O3S/c1-5-24(6-2)16(27)12-26-13-23-20-17(21(26)29)14(4)18(30-20)19(28)22-11-15-9-8-10-25(15)7-3/h13,15H,5-12H2,1-4H3,(H,22,28). The van der Waals surface area contributed by atoms with Crippen molar-refractivity contribution in [3.05, 3.63) is 27.1 Å². The van der Waals surface area contributed by atoms with Gasteiger partial charge in [-0.1, -0.05) is 6.92 Å². The highest BCUT2D eigenvalue weighted by atomic mass is 32.1. The van der Waals surface area contributed by atoms with Crippen LogP contribution in [0.15, 0.2) is 11.1 Å². The highest BCUT2D eigenvalue weighted by molar-refractivity contribution is 7.20. The van der Waals surface area contributed by atoms with Crippen molar-refractivity contribution in [3.8, 4) is 0 Å². The van der Waals surface area contributed by atoms with Crippen molar-refractivity contribution in [2.24, 2.45) is 0 Å². The normalized spacial score (nSPS) is 16.9. The van der Waals surface area contributed by atoms with Crippen molar-refractivity contribution >= 4 is 33.4 Å². The monoisotopic (exact) mass is 433 g/mol. The first-order valence-corrected chi connectivity index (χ1v) is 11.5. The molecule has 0 aliphatic carbocycles. The van der Waals surface area contributed by atoms with Crippen LogP contribution in [0.5, 0.6) is 0 Å². The van der Waals surface area contributed by atoms with Crippen LogP contribution in [0.3, 0.4) is 0 Å². The van der Waals surface area contributed by atoms with E-state index in [4.69, 9.17) is 0 Å². The Labute approximate surface area is 180 Å². The van der Waals surface area contributed by atoms with Gasteiger partial charge in [-0.15, -0.1) is 11.3 Å². The van der Waals surface area contributed by atoms with Gasteiger partial charge in [0.25, 0.3) is 11.5 Å². The molecule has 0 aromatic carbocycles. The van der Waals surface area contributed by atoms with E-state index in [0.717, 1.165) is 25.9 Å². The van der Waals surface area contributed by atoms with E-state index in [0.29, 0.717) is 46.3 Å². The van der Waals surface area contributed by atoms with Crippen LogP contribution in [0.4, 0.5) is 0 Å². The van der Waals surface area contributed by atoms with Crippen molar-refractivity contribution < 1.29 is 9.59 Å². The fourth-order valence-electron chi connectivity index (χ4n) is 4.14. The Morgan fingerprint density at radius 1 is 1.30 bits per heavy atom. The molecule has 0 saturated carbocycles. The minimum atomic E-state index is -0.277. The lowest BCUT2D eigenvalue weighted by Gasteiger charge is -2.22. The van der Waals surface area contributed by atoms with Gasteiger partial charge in [0.15, 0.2) is 0 Å². The van der Waals surface area contributed by atoms with Gasteiger partial charge in [0.1, 0.15) is 11.4 Å². The van der Waals surface area contributed by atoms with Crippen LogP contribution in [-0.4, -0.2) is 69.9 Å². The van der Waals surface area contributed by atoms with Crippen molar-refractivity contribution in [1.82, 2.24) is 24.7 Å². The van der Waals surface area contributed by atoms with Crippen molar-refractivity contribution in [2.75, 3.05) is 32.7 Å². The number of hydrogen-bond donors (Lipinski definition) is 1. The van der Waals surface area contributed by atoms with E-state index >= 15 is 0 Å². The molecule has 30 heavy (non-hydrogen) atoms. The number of carbonyl (C=O) groups is 2. The lowest BCUT2D eigenvalue weighted by atomic mass is 10.2. The summed E-state index contributed by atoms with van der Waals surface area (Å²) < 4.78 is 1.34. The van der Waals surface area contributed by atoms with E-state index < -0.39 is 0 Å². The molecular formula is C21H31N5O3S. The van der Waals surface area contributed by atoms with Crippen molar-refractivity contribution in [2.45, 2.75) is 53.1 Å². The van der Waals surface area contributed by atoms with Crippen LogP contribution in [0.2, 0.25) is 0 Å². The quantitative estimate of drug-likeness (QED) is 0.687. The Hall–Kier alpha value is -2.26. The van der Waals surface area contributed by atoms with Gasteiger partial charge in [0.05, 0.1) is 16.6 Å². The first-order chi connectivity index (χ1) is 14.4. The molecule has 1 unspecified atom stereocenters. The molecule has 0 bridgehead atoms. The Morgan fingerprint density at radius 3 is 2.70 bits per heavy atom. The van der Waals surface area contributed by atoms with E-state index in [1.807, 2.05) is 13.8 Å². The smallest absolute Gasteiger partial charge is 0.262 e. The first-order valence-electron chi connectivity index (χ1n) is 10.7. The Balaban J connectivity index is 1.80. The lowest BCUT2D eigenvalue weighted by Crippen LogP contribution is -2.40. The SMILES string of the molecule is CCN(CC)C(=O)Cn1cnc2sc(C(=O)NCC3CCCN3CC)c(C)c2c1=O. The van der Waals surface area contributed by atoms with E-state index in [1.165, 1.54) is 22.2 Å². The average molecular weight is 434 g/mol. The molecule has 1 N–H and O–H groups in total. The summed E-state index contributed by atoms with van der Waals surface area (Å²) in [6, 6.07) is 0.370. The van der Waals surface area contributed by atoms with Crippen LogP contribution in [-0.2, 0) is 11.3 Å². The summed E-state index contributed by atoms with van der Waals surface area (Å²) in [6.45, 7) is 11.5. The van der Waals surface area contributed by atoms with Crippen LogP contribution >= 0.6 is 11.3 Å². The van der Waals surface area contributed by atoms with Gasteiger partial charge in [-0.2, -0.15) is 0 Å². The van der Waals surface area contributed by atoms with Crippen LogP contribution in [0.1, 0.15) is 48.8 Å². The summed E-state index contributed by atoms with van der Waals surface area (Å²) >= 11 is 1.23. The van der Waals surface area contributed by atoms with Crippen molar-refractivity contribution in [3.63, 3.8) is 0 Å². The van der Waals surface area contributed by atoms with Gasteiger partial charge < -0.3 is 10.2 Å². The Kier molecular flexibility index (Phi) is 7.25. The van der Waals surface area contributed by atoms with Crippen LogP contribution < -0.4 is 10.9 Å². The van der Waals surface area contributed by atoms with E-state index in [9.17, 15) is 14.4 Å². The molecule has 1 fully saturated rings. The number of aromatic nitrogens is 2. The maximum Gasteiger partial charge on any atom is 0.262 e. The second kappa shape index (κ2) is 9.70. The average Bonchev–Trinajstić information content (AvgIpc) is 3.33. The number of nitrogens with zero attached hydrogens (tertiary/aromatic N) is 4. The molecule has 2 amide bonds. The number of carbonyl (C=O) groups excluding carboxylic acids is 2. The zero-order valence-electron chi connectivity index (χ0n) is 18.2. The molecule has 1 aliphatic heterocycles. The molecule has 2 aromatic rings. The second-order valence-electron chi connectivity index (χ2n) is 7.61. The maximum atomic E-state index is 13.0. The number of thiophene rings is 1. The molecule has 3 heterocycles. The molecule has 8 nitrogen and oxygen atoms in total. The summed E-state index contributed by atoms with van der Waals surface area (Å²) in [6.07, 6.45) is 3.65. The Morgan fingerprint density at radius 2 is 2.03 bits per heavy atom. The highest BCUT2D eigenvalue weighted by Gasteiger charge is 2.25. The van der Waals surface area contributed by atoms with Gasteiger partial charge >= 0.3 is 0 Å². The first kappa shape index (κ1) is 22.4. The summed E-state index contributed by atoms with van der Waals surface area (Å²) in [5.74, 6) is -0.283. The van der Waals surface area contributed by atoms with Gasteiger partial charge in [-0.05, 0) is 52.3 Å². The molecular weight excluding hydrogens is 402 g/mol. The lowest BCUT2D eigenvalue weighted by molar-refractivity contribution is -0.131.